The normalized spacial score (nSPS) is 20.0. The van der Waals surface area contributed by atoms with Gasteiger partial charge in [0, 0.05) is 14.1 Å². The van der Waals surface area contributed by atoms with Gasteiger partial charge in [-0.1, -0.05) is 0 Å². The highest BCUT2D eigenvalue weighted by atomic mass is 15.2. The molecular weight excluding hydrogens is 114 g/mol. The van der Waals surface area contributed by atoms with Crippen LogP contribution in [0.5, 0.6) is 0 Å². The molecule has 0 saturated heterocycles. The highest BCUT2D eigenvalue weighted by Crippen LogP contribution is 2.23. The van der Waals surface area contributed by atoms with Crippen LogP contribution in [0.2, 0.25) is 0 Å². The summed E-state index contributed by atoms with van der Waals surface area (Å²) in [5.41, 5.74) is 5.53. The molecule has 1 rings (SSSR count). The number of hydrogen-bond donors (Lipinski definition) is 1. The molecule has 0 spiro atoms. The zero-order chi connectivity index (χ0) is 6.85. The van der Waals surface area contributed by atoms with E-state index in [1.165, 1.54) is 12.8 Å². The second-order valence-corrected chi connectivity index (χ2v) is 2.61. The van der Waals surface area contributed by atoms with Gasteiger partial charge in [-0.15, -0.1) is 0 Å². The molecule has 0 atom stereocenters. The van der Waals surface area contributed by atoms with Crippen molar-refractivity contribution in [3.8, 4) is 0 Å². The molecule has 0 aromatic rings. The van der Waals surface area contributed by atoms with Crippen LogP contribution in [0.15, 0.2) is 4.99 Å². The number of nitrogens with two attached hydrogens (primary N) is 1. The largest absolute Gasteiger partial charge is 0.370 e. The Bertz CT molecular complexity index is 124. The summed E-state index contributed by atoms with van der Waals surface area (Å²) < 4.78 is 0. The minimum absolute atomic E-state index is 0.535. The third-order valence-electron chi connectivity index (χ3n) is 1.32. The maximum absolute atomic E-state index is 5.53. The smallest absolute Gasteiger partial charge is 0.190 e. The molecule has 1 fully saturated rings. The Hall–Kier alpha value is -0.730. The lowest BCUT2D eigenvalue weighted by molar-refractivity contribution is 0.609. The highest BCUT2D eigenvalue weighted by molar-refractivity contribution is 5.77. The van der Waals surface area contributed by atoms with Gasteiger partial charge in [0.2, 0.25) is 0 Å². The van der Waals surface area contributed by atoms with Crippen LogP contribution < -0.4 is 5.73 Å². The summed E-state index contributed by atoms with van der Waals surface area (Å²) in [4.78, 5) is 6.04. The van der Waals surface area contributed by atoms with Gasteiger partial charge in [0.05, 0.1) is 6.04 Å². The van der Waals surface area contributed by atoms with Crippen molar-refractivity contribution in [3.05, 3.63) is 0 Å². The van der Waals surface area contributed by atoms with Crippen molar-refractivity contribution in [3.63, 3.8) is 0 Å². The SMILES string of the molecule is CN(C)C(N)=NC1CC1. The molecule has 0 unspecified atom stereocenters. The van der Waals surface area contributed by atoms with Crippen LogP contribution in [-0.2, 0) is 0 Å². The van der Waals surface area contributed by atoms with Crippen molar-refractivity contribution in [1.82, 2.24) is 4.90 Å². The van der Waals surface area contributed by atoms with Crippen LogP contribution in [0.4, 0.5) is 0 Å². The van der Waals surface area contributed by atoms with Gasteiger partial charge in [0.25, 0.3) is 0 Å². The lowest BCUT2D eigenvalue weighted by Crippen LogP contribution is -2.30. The van der Waals surface area contributed by atoms with E-state index in [9.17, 15) is 0 Å². The van der Waals surface area contributed by atoms with Crippen LogP contribution >= 0.6 is 0 Å². The molecule has 0 amide bonds. The van der Waals surface area contributed by atoms with E-state index in [4.69, 9.17) is 5.73 Å². The van der Waals surface area contributed by atoms with Gasteiger partial charge < -0.3 is 10.6 Å². The third kappa shape index (κ3) is 1.91. The molecule has 0 aliphatic heterocycles. The predicted octanol–water partition coefficient (Wildman–Crippen LogP) is 0.0251. The molecule has 1 aliphatic rings. The maximum Gasteiger partial charge on any atom is 0.190 e. The van der Waals surface area contributed by atoms with Gasteiger partial charge in [-0.3, -0.25) is 0 Å². The Kier molecular flexibility index (Phi) is 1.60. The van der Waals surface area contributed by atoms with E-state index in [0.717, 1.165) is 0 Å². The quantitative estimate of drug-likeness (QED) is 0.398. The van der Waals surface area contributed by atoms with Crippen molar-refractivity contribution in [2.45, 2.75) is 18.9 Å². The molecule has 0 bridgehead atoms. The van der Waals surface area contributed by atoms with Gasteiger partial charge in [-0.2, -0.15) is 0 Å². The molecule has 0 aromatic carbocycles. The standard InChI is InChI=1S/C6H13N3/c1-9(2)6(7)8-5-3-4-5/h5H,3-4H2,1-2H3,(H2,7,8). The Morgan fingerprint density at radius 1 is 1.56 bits per heavy atom. The van der Waals surface area contributed by atoms with E-state index in [1.54, 1.807) is 0 Å². The lowest BCUT2D eigenvalue weighted by atomic mass is 10.7. The van der Waals surface area contributed by atoms with Gasteiger partial charge in [-0.25, -0.2) is 4.99 Å². The molecule has 52 valence electrons. The van der Waals surface area contributed by atoms with E-state index in [0.29, 0.717) is 12.0 Å². The van der Waals surface area contributed by atoms with E-state index in [2.05, 4.69) is 4.99 Å². The summed E-state index contributed by atoms with van der Waals surface area (Å²) in [5.74, 6) is 0.650. The number of rotatable bonds is 1. The Labute approximate surface area is 55.6 Å². The molecular formula is C6H13N3. The summed E-state index contributed by atoms with van der Waals surface area (Å²) in [7, 11) is 3.81. The second-order valence-electron chi connectivity index (χ2n) is 2.61. The van der Waals surface area contributed by atoms with Crippen molar-refractivity contribution in [1.29, 1.82) is 0 Å². The number of nitrogens with zero attached hydrogens (tertiary/aromatic N) is 2. The maximum atomic E-state index is 5.53. The van der Waals surface area contributed by atoms with Crippen LogP contribution in [0.1, 0.15) is 12.8 Å². The molecule has 3 nitrogen and oxygen atoms in total. The van der Waals surface area contributed by atoms with Gasteiger partial charge in [-0.05, 0) is 12.8 Å². The van der Waals surface area contributed by atoms with E-state index >= 15 is 0 Å². The number of hydrogen-bond acceptors (Lipinski definition) is 1. The lowest BCUT2D eigenvalue weighted by Gasteiger charge is -2.09. The van der Waals surface area contributed by atoms with Crippen molar-refractivity contribution in [2.75, 3.05) is 14.1 Å². The third-order valence-corrected chi connectivity index (χ3v) is 1.32. The number of aliphatic imine (C=N–C) groups is 1. The van der Waals surface area contributed by atoms with Crippen molar-refractivity contribution < 1.29 is 0 Å². The average Bonchev–Trinajstić information content (AvgIpc) is 2.50. The molecule has 0 radical (unpaired) electrons. The summed E-state index contributed by atoms with van der Waals surface area (Å²) in [6, 6.07) is 0.535. The van der Waals surface area contributed by atoms with E-state index in [1.807, 2.05) is 19.0 Å². The fourth-order valence-corrected chi connectivity index (χ4v) is 0.506. The first kappa shape index (κ1) is 6.39. The molecule has 3 heteroatoms. The fraction of sp³-hybridized carbons (Fsp3) is 0.833. The molecule has 0 heterocycles. The minimum atomic E-state index is 0.535. The molecule has 9 heavy (non-hydrogen) atoms. The van der Waals surface area contributed by atoms with Crippen LogP contribution in [0, 0.1) is 0 Å². The molecule has 1 saturated carbocycles. The van der Waals surface area contributed by atoms with E-state index < -0.39 is 0 Å². The first-order valence-electron chi connectivity index (χ1n) is 3.21. The highest BCUT2D eigenvalue weighted by Gasteiger charge is 2.20. The van der Waals surface area contributed by atoms with Crippen LogP contribution in [0.25, 0.3) is 0 Å². The zero-order valence-electron chi connectivity index (χ0n) is 5.96. The summed E-state index contributed by atoms with van der Waals surface area (Å²) in [6.07, 6.45) is 2.43. The predicted molar refractivity (Wildman–Crippen MR) is 38.3 cm³/mol. The summed E-state index contributed by atoms with van der Waals surface area (Å²) >= 11 is 0. The van der Waals surface area contributed by atoms with Crippen molar-refractivity contribution in [2.24, 2.45) is 10.7 Å². The number of guanidine groups is 1. The Morgan fingerprint density at radius 2 is 2.11 bits per heavy atom. The first-order chi connectivity index (χ1) is 4.20. The van der Waals surface area contributed by atoms with Crippen LogP contribution in [0.3, 0.4) is 0 Å². The second kappa shape index (κ2) is 2.25. The van der Waals surface area contributed by atoms with Gasteiger partial charge in [0.15, 0.2) is 5.96 Å². The average molecular weight is 127 g/mol. The molecule has 2 N–H and O–H groups in total. The topological polar surface area (TPSA) is 41.6 Å². The molecule has 0 aromatic heterocycles. The summed E-state index contributed by atoms with van der Waals surface area (Å²) in [6.45, 7) is 0. The first-order valence-corrected chi connectivity index (χ1v) is 3.21. The van der Waals surface area contributed by atoms with Crippen molar-refractivity contribution >= 4 is 5.96 Å². The van der Waals surface area contributed by atoms with Crippen LogP contribution in [-0.4, -0.2) is 31.0 Å². The Balaban J connectivity index is 2.37. The monoisotopic (exact) mass is 127 g/mol. The van der Waals surface area contributed by atoms with Gasteiger partial charge in [0.1, 0.15) is 0 Å². The summed E-state index contributed by atoms with van der Waals surface area (Å²) in [5, 5.41) is 0. The Morgan fingerprint density at radius 3 is 2.44 bits per heavy atom. The minimum Gasteiger partial charge on any atom is -0.370 e. The molecule has 1 aliphatic carbocycles. The fourth-order valence-electron chi connectivity index (χ4n) is 0.506. The van der Waals surface area contributed by atoms with E-state index in [-0.39, 0.29) is 0 Å². The zero-order valence-corrected chi connectivity index (χ0v) is 5.96. The van der Waals surface area contributed by atoms with Gasteiger partial charge >= 0.3 is 0 Å².